The van der Waals surface area contributed by atoms with Gasteiger partial charge in [-0.3, -0.25) is 4.79 Å². The Hall–Kier alpha value is -2.38. The van der Waals surface area contributed by atoms with Crippen molar-refractivity contribution < 1.29 is 13.2 Å². The molecule has 0 aromatic heterocycles. The highest BCUT2D eigenvalue weighted by molar-refractivity contribution is 7.89. The van der Waals surface area contributed by atoms with Gasteiger partial charge in [0.05, 0.1) is 4.90 Å². The molecule has 1 aliphatic heterocycles. The maximum atomic E-state index is 12.7. The van der Waals surface area contributed by atoms with Gasteiger partial charge in [0.25, 0.3) is 0 Å². The Labute approximate surface area is 179 Å². The molecule has 1 aliphatic rings. The van der Waals surface area contributed by atoms with E-state index in [2.05, 4.69) is 5.32 Å². The average Bonchev–Trinajstić information content (AvgIpc) is 2.77. The van der Waals surface area contributed by atoms with E-state index >= 15 is 0 Å². The summed E-state index contributed by atoms with van der Waals surface area (Å²) in [4.78, 5) is 14.5. The highest BCUT2D eigenvalue weighted by Gasteiger charge is 2.25. The summed E-state index contributed by atoms with van der Waals surface area (Å²) in [6, 6.07) is 15.0. The normalized spacial score (nSPS) is 15.0. The second-order valence-electron chi connectivity index (χ2n) is 7.95. The molecule has 1 fully saturated rings. The van der Waals surface area contributed by atoms with Crippen molar-refractivity contribution in [3.05, 3.63) is 59.7 Å². The summed E-state index contributed by atoms with van der Waals surface area (Å²) in [6.45, 7) is 1.70. The number of anilines is 1. The van der Waals surface area contributed by atoms with Crippen molar-refractivity contribution in [2.75, 3.05) is 32.1 Å². The molecule has 30 heavy (non-hydrogen) atoms. The van der Waals surface area contributed by atoms with E-state index in [0.29, 0.717) is 37.4 Å². The predicted octanol–water partition coefficient (Wildman–Crippen LogP) is 3.18. The molecule has 0 aliphatic carbocycles. The highest BCUT2D eigenvalue weighted by atomic mass is 32.2. The lowest BCUT2D eigenvalue weighted by atomic mass is 10.1. The monoisotopic (exact) mass is 429 g/mol. The molecule has 162 valence electrons. The summed E-state index contributed by atoms with van der Waals surface area (Å²) < 4.78 is 27.0. The lowest BCUT2D eigenvalue weighted by Crippen LogP contribution is -2.35. The van der Waals surface area contributed by atoms with E-state index in [1.54, 1.807) is 16.4 Å². The van der Waals surface area contributed by atoms with Crippen molar-refractivity contribution >= 4 is 21.6 Å². The molecule has 3 rings (SSSR count). The van der Waals surface area contributed by atoms with Crippen LogP contribution in [0.15, 0.2) is 53.4 Å². The average molecular weight is 430 g/mol. The second kappa shape index (κ2) is 10.1. The predicted molar refractivity (Wildman–Crippen MR) is 120 cm³/mol. The van der Waals surface area contributed by atoms with Crippen LogP contribution in [0, 0.1) is 0 Å². The fourth-order valence-corrected chi connectivity index (χ4v) is 5.06. The van der Waals surface area contributed by atoms with Gasteiger partial charge < -0.3 is 10.2 Å². The van der Waals surface area contributed by atoms with Crippen molar-refractivity contribution in [2.45, 2.75) is 43.5 Å². The van der Waals surface area contributed by atoms with Gasteiger partial charge in [0.1, 0.15) is 0 Å². The molecule has 1 N–H and O–H groups in total. The Morgan fingerprint density at radius 1 is 0.933 bits per heavy atom. The van der Waals surface area contributed by atoms with Crippen molar-refractivity contribution in [2.24, 2.45) is 0 Å². The molecule has 1 saturated heterocycles. The first-order chi connectivity index (χ1) is 14.4. The van der Waals surface area contributed by atoms with Gasteiger partial charge in [-0.05, 0) is 54.7 Å². The first kappa shape index (κ1) is 22.3. The van der Waals surface area contributed by atoms with E-state index in [4.69, 9.17) is 0 Å². The molecule has 2 aromatic rings. The van der Waals surface area contributed by atoms with E-state index < -0.39 is 10.0 Å². The van der Waals surface area contributed by atoms with Gasteiger partial charge in [-0.1, -0.05) is 30.7 Å². The molecule has 6 nitrogen and oxygen atoms in total. The molecular weight excluding hydrogens is 398 g/mol. The summed E-state index contributed by atoms with van der Waals surface area (Å²) in [7, 11) is 0.578. The lowest BCUT2D eigenvalue weighted by molar-refractivity contribution is -0.121. The van der Waals surface area contributed by atoms with E-state index in [-0.39, 0.29) is 5.91 Å². The summed E-state index contributed by atoms with van der Waals surface area (Å²) >= 11 is 0. The molecular formula is C23H31N3O3S. The third-order valence-corrected chi connectivity index (χ3v) is 7.37. The fourth-order valence-electron chi connectivity index (χ4n) is 3.54. The summed E-state index contributed by atoms with van der Waals surface area (Å²) in [5.41, 5.74) is 3.13. The Morgan fingerprint density at radius 3 is 2.13 bits per heavy atom. The van der Waals surface area contributed by atoms with Crippen molar-refractivity contribution in [3.8, 4) is 0 Å². The van der Waals surface area contributed by atoms with Crippen LogP contribution in [0.1, 0.15) is 36.8 Å². The third kappa shape index (κ3) is 5.83. The number of nitrogens with one attached hydrogen (secondary N) is 1. The number of sulfonamides is 1. The van der Waals surface area contributed by atoms with Crippen LogP contribution >= 0.6 is 0 Å². The quantitative estimate of drug-likeness (QED) is 0.700. The van der Waals surface area contributed by atoms with Gasteiger partial charge in [-0.15, -0.1) is 0 Å². The molecule has 2 aromatic carbocycles. The highest BCUT2D eigenvalue weighted by Crippen LogP contribution is 2.21. The molecule has 0 unspecified atom stereocenters. The number of benzene rings is 2. The minimum Gasteiger partial charge on any atom is -0.378 e. The van der Waals surface area contributed by atoms with Crippen LogP contribution in [0.25, 0.3) is 0 Å². The van der Waals surface area contributed by atoms with Crippen LogP contribution in [-0.2, 0) is 27.8 Å². The topological polar surface area (TPSA) is 69.7 Å². The number of carbonyl (C=O) groups excluding carboxylic acids is 1. The van der Waals surface area contributed by atoms with Gasteiger partial charge in [0.15, 0.2) is 0 Å². The molecule has 1 amide bonds. The van der Waals surface area contributed by atoms with E-state index in [0.717, 1.165) is 36.1 Å². The molecule has 0 radical (unpaired) electrons. The van der Waals surface area contributed by atoms with Crippen molar-refractivity contribution in [1.29, 1.82) is 0 Å². The molecule has 0 saturated carbocycles. The van der Waals surface area contributed by atoms with Crippen LogP contribution in [0.3, 0.4) is 0 Å². The first-order valence-corrected chi connectivity index (χ1v) is 11.9. The number of amides is 1. The Bertz CT molecular complexity index is 933. The van der Waals surface area contributed by atoms with Crippen LogP contribution in [-0.4, -0.2) is 45.8 Å². The molecule has 0 spiro atoms. The van der Waals surface area contributed by atoms with Gasteiger partial charge in [0, 0.05) is 45.8 Å². The Morgan fingerprint density at radius 2 is 1.53 bits per heavy atom. The minimum absolute atomic E-state index is 0.0169. The number of aryl methyl sites for hydroxylation is 1. The minimum atomic E-state index is -3.41. The standard InChI is InChI=1S/C23H31N3O3S/c1-25(2)21-11-6-20(7-12-21)18-24-23(27)15-10-19-8-13-22(14-9-19)30(28,29)26-16-4-3-5-17-26/h6-9,11-14H,3-5,10,15-18H2,1-2H3,(H,24,27). The van der Waals surface area contributed by atoms with Crippen molar-refractivity contribution in [1.82, 2.24) is 9.62 Å². The zero-order valence-corrected chi connectivity index (χ0v) is 18.6. The largest absolute Gasteiger partial charge is 0.378 e. The smallest absolute Gasteiger partial charge is 0.243 e. The molecule has 0 atom stereocenters. The lowest BCUT2D eigenvalue weighted by Gasteiger charge is -2.25. The summed E-state index contributed by atoms with van der Waals surface area (Å²) in [5, 5.41) is 2.94. The second-order valence-corrected chi connectivity index (χ2v) is 9.88. The summed E-state index contributed by atoms with van der Waals surface area (Å²) in [6.07, 6.45) is 3.89. The third-order valence-electron chi connectivity index (χ3n) is 5.46. The van der Waals surface area contributed by atoms with E-state index in [1.165, 1.54) is 0 Å². The zero-order chi connectivity index (χ0) is 21.6. The van der Waals surface area contributed by atoms with Gasteiger partial charge in [-0.25, -0.2) is 8.42 Å². The fraction of sp³-hybridized carbons (Fsp3) is 0.435. The van der Waals surface area contributed by atoms with Gasteiger partial charge >= 0.3 is 0 Å². The van der Waals surface area contributed by atoms with Crippen LogP contribution in [0.2, 0.25) is 0 Å². The van der Waals surface area contributed by atoms with E-state index in [1.807, 2.05) is 55.4 Å². The number of rotatable bonds is 8. The number of hydrogen-bond acceptors (Lipinski definition) is 4. The SMILES string of the molecule is CN(C)c1ccc(CNC(=O)CCc2ccc(S(=O)(=O)N3CCCCC3)cc2)cc1. The first-order valence-electron chi connectivity index (χ1n) is 10.5. The van der Waals surface area contributed by atoms with Crippen LogP contribution < -0.4 is 10.2 Å². The Balaban J connectivity index is 1.48. The Kier molecular flexibility index (Phi) is 7.50. The maximum Gasteiger partial charge on any atom is 0.243 e. The van der Waals surface area contributed by atoms with Crippen molar-refractivity contribution in [3.63, 3.8) is 0 Å². The van der Waals surface area contributed by atoms with Gasteiger partial charge in [0.2, 0.25) is 15.9 Å². The zero-order valence-electron chi connectivity index (χ0n) is 17.8. The summed E-state index contributed by atoms with van der Waals surface area (Å²) in [5.74, 6) is -0.0169. The number of hydrogen-bond donors (Lipinski definition) is 1. The van der Waals surface area contributed by atoms with Gasteiger partial charge in [-0.2, -0.15) is 4.31 Å². The molecule has 1 heterocycles. The maximum absolute atomic E-state index is 12.7. The number of nitrogens with zero attached hydrogens (tertiary/aromatic N) is 2. The van der Waals surface area contributed by atoms with Crippen LogP contribution in [0.5, 0.6) is 0 Å². The number of carbonyl (C=O) groups is 1. The van der Waals surface area contributed by atoms with E-state index in [9.17, 15) is 13.2 Å². The number of piperidine rings is 1. The molecule has 0 bridgehead atoms. The van der Waals surface area contributed by atoms with Crippen LogP contribution in [0.4, 0.5) is 5.69 Å². The molecule has 7 heteroatoms.